The van der Waals surface area contributed by atoms with E-state index in [1.165, 1.54) is 0 Å². The third-order valence-corrected chi connectivity index (χ3v) is 3.84. The number of hydrazine groups is 1. The van der Waals surface area contributed by atoms with Crippen molar-refractivity contribution in [3.05, 3.63) is 64.7 Å². The van der Waals surface area contributed by atoms with Crippen LogP contribution in [0.2, 0.25) is 5.02 Å². The van der Waals surface area contributed by atoms with Crippen LogP contribution < -0.4 is 16.2 Å². The van der Waals surface area contributed by atoms with Crippen LogP contribution in [0.25, 0.3) is 0 Å². The second-order valence-electron chi connectivity index (χ2n) is 5.08. The number of thiocarbonyl (C=S) groups is 1. The van der Waals surface area contributed by atoms with Gasteiger partial charge in [0.2, 0.25) is 5.91 Å². The molecule has 0 heterocycles. The average Bonchev–Trinajstić information content (AvgIpc) is 2.55. The number of carbonyl (C=O) groups is 1. The van der Waals surface area contributed by atoms with Gasteiger partial charge in [-0.15, -0.1) is 0 Å². The second kappa shape index (κ2) is 8.50. The fourth-order valence-corrected chi connectivity index (χ4v) is 2.27. The van der Waals surface area contributed by atoms with Crippen molar-refractivity contribution in [3.63, 3.8) is 0 Å². The second-order valence-corrected chi connectivity index (χ2v) is 5.89. The van der Waals surface area contributed by atoms with Gasteiger partial charge in [-0.05, 0) is 48.8 Å². The number of carbonyl (C=O) groups excluding carboxylic acids is 1. The van der Waals surface area contributed by atoms with Gasteiger partial charge in [-0.1, -0.05) is 48.0 Å². The Labute approximate surface area is 146 Å². The minimum absolute atomic E-state index is 0.125. The number of halogens is 1. The lowest BCUT2D eigenvalue weighted by Gasteiger charge is -2.12. The first-order valence-corrected chi connectivity index (χ1v) is 7.99. The molecule has 3 N–H and O–H groups in total. The summed E-state index contributed by atoms with van der Waals surface area (Å²) >= 11 is 11.2. The normalized spacial score (nSPS) is 10.0. The van der Waals surface area contributed by atoms with Crippen molar-refractivity contribution < 1.29 is 4.79 Å². The Hall–Kier alpha value is -2.11. The third-order valence-electron chi connectivity index (χ3n) is 3.23. The maximum atomic E-state index is 11.8. The van der Waals surface area contributed by atoms with E-state index in [0.29, 0.717) is 23.0 Å². The molecule has 23 heavy (non-hydrogen) atoms. The zero-order valence-electron chi connectivity index (χ0n) is 12.7. The number of nitrogens with one attached hydrogen (secondary N) is 3. The first-order valence-electron chi connectivity index (χ1n) is 7.20. The summed E-state index contributed by atoms with van der Waals surface area (Å²) in [5, 5.41) is 3.92. The van der Waals surface area contributed by atoms with Crippen molar-refractivity contribution in [2.75, 3.05) is 5.32 Å². The van der Waals surface area contributed by atoms with E-state index in [4.69, 9.17) is 23.8 Å². The number of aryl methyl sites for hydroxylation is 2. The van der Waals surface area contributed by atoms with E-state index in [1.807, 2.05) is 49.4 Å². The minimum atomic E-state index is -0.125. The highest BCUT2D eigenvalue weighted by Gasteiger charge is 2.04. The maximum Gasteiger partial charge on any atom is 0.238 e. The molecule has 0 bridgehead atoms. The molecular formula is C17H18ClN3OS. The fraction of sp³-hybridized carbons (Fsp3) is 0.176. The molecule has 0 fully saturated rings. The van der Waals surface area contributed by atoms with Gasteiger partial charge in [0.05, 0.1) is 0 Å². The summed E-state index contributed by atoms with van der Waals surface area (Å²) in [6.07, 6.45) is 1.07. The molecule has 2 aromatic rings. The van der Waals surface area contributed by atoms with Crippen LogP contribution in [0.4, 0.5) is 5.69 Å². The summed E-state index contributed by atoms with van der Waals surface area (Å²) in [7, 11) is 0. The van der Waals surface area contributed by atoms with E-state index in [-0.39, 0.29) is 5.91 Å². The molecule has 0 saturated heterocycles. The predicted octanol–water partition coefficient (Wildman–Crippen LogP) is 3.60. The Kier molecular flexibility index (Phi) is 6.38. The van der Waals surface area contributed by atoms with Gasteiger partial charge >= 0.3 is 0 Å². The number of hydrogen-bond acceptors (Lipinski definition) is 2. The Morgan fingerprint density at radius 1 is 1.13 bits per heavy atom. The molecule has 2 rings (SSSR count). The zero-order valence-corrected chi connectivity index (χ0v) is 14.3. The number of rotatable bonds is 4. The van der Waals surface area contributed by atoms with Gasteiger partial charge in [0.1, 0.15) is 0 Å². The molecule has 0 aliphatic heterocycles. The first kappa shape index (κ1) is 17.2. The van der Waals surface area contributed by atoms with Gasteiger partial charge < -0.3 is 5.32 Å². The van der Waals surface area contributed by atoms with Crippen molar-refractivity contribution in [1.29, 1.82) is 0 Å². The monoisotopic (exact) mass is 347 g/mol. The summed E-state index contributed by atoms with van der Waals surface area (Å²) in [5.41, 5.74) is 8.13. The van der Waals surface area contributed by atoms with Gasteiger partial charge in [-0.3, -0.25) is 15.6 Å². The molecule has 1 amide bonds. The fourth-order valence-electron chi connectivity index (χ4n) is 1.92. The van der Waals surface area contributed by atoms with E-state index >= 15 is 0 Å². The van der Waals surface area contributed by atoms with Crippen LogP contribution in [0.15, 0.2) is 48.5 Å². The van der Waals surface area contributed by atoms with Crippen molar-refractivity contribution in [2.24, 2.45) is 0 Å². The minimum Gasteiger partial charge on any atom is -0.331 e. The van der Waals surface area contributed by atoms with Crippen LogP contribution in [0.5, 0.6) is 0 Å². The average molecular weight is 348 g/mol. The lowest BCUT2D eigenvalue weighted by atomic mass is 10.1. The van der Waals surface area contributed by atoms with Crippen LogP contribution in [-0.4, -0.2) is 11.0 Å². The van der Waals surface area contributed by atoms with Gasteiger partial charge in [-0.2, -0.15) is 0 Å². The van der Waals surface area contributed by atoms with Crippen LogP contribution in [0.1, 0.15) is 17.5 Å². The van der Waals surface area contributed by atoms with Crippen molar-refractivity contribution >= 4 is 40.5 Å². The van der Waals surface area contributed by atoms with Crippen LogP contribution in [0, 0.1) is 6.92 Å². The van der Waals surface area contributed by atoms with E-state index in [1.54, 1.807) is 6.07 Å². The lowest BCUT2D eigenvalue weighted by molar-refractivity contribution is -0.121. The van der Waals surface area contributed by atoms with Crippen molar-refractivity contribution in [1.82, 2.24) is 10.9 Å². The highest BCUT2D eigenvalue weighted by atomic mass is 35.5. The molecule has 0 aliphatic rings. The van der Waals surface area contributed by atoms with Gasteiger partial charge in [-0.25, -0.2) is 0 Å². The van der Waals surface area contributed by atoms with Crippen LogP contribution >= 0.6 is 23.8 Å². The first-order chi connectivity index (χ1) is 11.0. The Morgan fingerprint density at radius 2 is 1.87 bits per heavy atom. The van der Waals surface area contributed by atoms with E-state index in [0.717, 1.165) is 16.8 Å². The standard InChI is InChI=1S/C17H18ClN3OS/c1-12-7-9-14(11-15(12)18)19-17(23)21-20-16(22)10-8-13-5-3-2-4-6-13/h2-7,9,11H,8,10H2,1H3,(H,20,22)(H2,19,21,23). The molecule has 4 nitrogen and oxygen atoms in total. The van der Waals surface area contributed by atoms with Crippen LogP contribution in [-0.2, 0) is 11.2 Å². The summed E-state index contributed by atoms with van der Waals surface area (Å²) in [4.78, 5) is 11.8. The van der Waals surface area contributed by atoms with Crippen molar-refractivity contribution in [3.8, 4) is 0 Å². The number of benzene rings is 2. The molecule has 120 valence electrons. The maximum absolute atomic E-state index is 11.8. The molecule has 0 spiro atoms. The largest absolute Gasteiger partial charge is 0.331 e. The third kappa shape index (κ3) is 5.88. The quantitative estimate of drug-likeness (QED) is 0.584. The topological polar surface area (TPSA) is 53.2 Å². The molecule has 0 aliphatic carbocycles. The Morgan fingerprint density at radius 3 is 2.57 bits per heavy atom. The highest BCUT2D eigenvalue weighted by molar-refractivity contribution is 7.80. The number of hydrogen-bond donors (Lipinski definition) is 3. The van der Waals surface area contributed by atoms with Gasteiger partial charge in [0.25, 0.3) is 0 Å². The molecular weight excluding hydrogens is 330 g/mol. The lowest BCUT2D eigenvalue weighted by Crippen LogP contribution is -2.43. The number of anilines is 1. The number of amides is 1. The summed E-state index contributed by atoms with van der Waals surface area (Å²) < 4.78 is 0. The van der Waals surface area contributed by atoms with Crippen molar-refractivity contribution in [2.45, 2.75) is 19.8 Å². The molecule has 0 saturated carbocycles. The molecule has 2 aromatic carbocycles. The summed E-state index contributed by atoms with van der Waals surface area (Å²) in [6.45, 7) is 1.93. The predicted molar refractivity (Wildman–Crippen MR) is 98.5 cm³/mol. The smallest absolute Gasteiger partial charge is 0.238 e. The summed E-state index contributed by atoms with van der Waals surface area (Å²) in [6, 6.07) is 15.4. The zero-order chi connectivity index (χ0) is 16.7. The van der Waals surface area contributed by atoms with Gasteiger partial charge in [0, 0.05) is 17.1 Å². The Balaban J connectivity index is 1.73. The molecule has 0 unspecified atom stereocenters. The van der Waals surface area contributed by atoms with E-state index in [2.05, 4.69) is 16.2 Å². The molecule has 0 atom stereocenters. The van der Waals surface area contributed by atoms with E-state index in [9.17, 15) is 4.79 Å². The SMILES string of the molecule is Cc1ccc(NC(=S)NNC(=O)CCc2ccccc2)cc1Cl. The molecule has 0 aromatic heterocycles. The van der Waals surface area contributed by atoms with Gasteiger partial charge in [0.15, 0.2) is 5.11 Å². The molecule has 0 radical (unpaired) electrons. The summed E-state index contributed by atoms with van der Waals surface area (Å²) in [5.74, 6) is -0.125. The molecule has 6 heteroatoms. The van der Waals surface area contributed by atoms with E-state index < -0.39 is 0 Å². The Bertz CT molecular complexity index is 691. The highest BCUT2D eigenvalue weighted by Crippen LogP contribution is 2.19. The van der Waals surface area contributed by atoms with Crippen LogP contribution in [0.3, 0.4) is 0 Å².